The van der Waals surface area contributed by atoms with E-state index in [2.05, 4.69) is 12.2 Å². The molecular weight excluding hydrogens is 212 g/mol. The lowest BCUT2D eigenvalue weighted by Gasteiger charge is -2.14. The molecule has 3 heteroatoms. The molecule has 1 saturated carbocycles. The zero-order valence-electron chi connectivity index (χ0n) is 10.1. The molecule has 1 fully saturated rings. The second kappa shape index (κ2) is 5.58. The molecule has 1 aliphatic rings. The van der Waals surface area contributed by atoms with E-state index in [0.29, 0.717) is 6.04 Å². The smallest absolute Gasteiger partial charge is 0.174 e. The number of nitrogens with zero attached hydrogens (tertiary/aromatic N) is 1. The predicted molar refractivity (Wildman–Crippen MR) is 68.0 cm³/mol. The summed E-state index contributed by atoms with van der Waals surface area (Å²) in [5.41, 5.74) is 1.13. The number of ether oxygens (including phenoxy) is 1. The third-order valence-corrected chi connectivity index (χ3v) is 3.22. The number of hydrogen-bond donors (Lipinski definition) is 1. The van der Waals surface area contributed by atoms with E-state index in [-0.39, 0.29) is 6.61 Å². The molecule has 3 nitrogen and oxygen atoms in total. The average Bonchev–Trinajstić information content (AvgIpc) is 2.74. The van der Waals surface area contributed by atoms with Crippen molar-refractivity contribution in [3.05, 3.63) is 24.3 Å². The van der Waals surface area contributed by atoms with E-state index in [1.54, 1.807) is 0 Å². The maximum Gasteiger partial charge on any atom is 0.174 e. The Morgan fingerprint density at radius 3 is 2.71 bits per heavy atom. The van der Waals surface area contributed by atoms with Crippen molar-refractivity contribution in [3.8, 4) is 11.8 Å². The number of hydrogen-bond acceptors (Lipinski definition) is 3. The van der Waals surface area contributed by atoms with Crippen molar-refractivity contribution in [2.75, 3.05) is 11.9 Å². The number of anilines is 1. The molecule has 0 spiro atoms. The van der Waals surface area contributed by atoms with E-state index >= 15 is 0 Å². The topological polar surface area (TPSA) is 45.0 Å². The second-order valence-corrected chi connectivity index (χ2v) is 4.73. The molecule has 0 aromatic heterocycles. The van der Waals surface area contributed by atoms with Crippen LogP contribution in [0.3, 0.4) is 0 Å². The number of benzene rings is 1. The minimum atomic E-state index is 0.104. The Morgan fingerprint density at radius 1 is 1.35 bits per heavy atom. The van der Waals surface area contributed by atoms with Gasteiger partial charge >= 0.3 is 0 Å². The first-order valence-corrected chi connectivity index (χ1v) is 6.14. The van der Waals surface area contributed by atoms with Gasteiger partial charge in [-0.25, -0.2) is 0 Å². The first-order chi connectivity index (χ1) is 8.28. The third kappa shape index (κ3) is 3.39. The maximum absolute atomic E-state index is 8.41. The molecule has 17 heavy (non-hydrogen) atoms. The number of nitrogens with one attached hydrogen (secondary N) is 1. The molecule has 0 aliphatic heterocycles. The van der Waals surface area contributed by atoms with Gasteiger partial charge in [-0.2, -0.15) is 5.26 Å². The lowest BCUT2D eigenvalue weighted by Crippen LogP contribution is -2.14. The molecule has 0 radical (unpaired) electrons. The van der Waals surface area contributed by atoms with Crippen LogP contribution in [0.25, 0.3) is 0 Å². The lowest BCUT2D eigenvalue weighted by molar-refractivity contribution is 0.368. The zero-order chi connectivity index (χ0) is 12.1. The van der Waals surface area contributed by atoms with Crippen LogP contribution in [0.1, 0.15) is 26.2 Å². The minimum absolute atomic E-state index is 0.104. The van der Waals surface area contributed by atoms with Crippen LogP contribution in [0, 0.1) is 17.2 Å². The molecule has 2 atom stereocenters. The molecular formula is C14H18N2O. The quantitative estimate of drug-likeness (QED) is 0.864. The van der Waals surface area contributed by atoms with E-state index in [0.717, 1.165) is 17.4 Å². The summed E-state index contributed by atoms with van der Waals surface area (Å²) in [5, 5.41) is 11.9. The van der Waals surface area contributed by atoms with Crippen molar-refractivity contribution in [3.63, 3.8) is 0 Å². The van der Waals surface area contributed by atoms with Gasteiger partial charge < -0.3 is 10.1 Å². The summed E-state index contributed by atoms with van der Waals surface area (Å²) in [6, 6.07) is 10.4. The third-order valence-electron chi connectivity index (χ3n) is 3.22. The van der Waals surface area contributed by atoms with Crippen LogP contribution in [-0.4, -0.2) is 12.6 Å². The summed E-state index contributed by atoms with van der Waals surface area (Å²) in [6.07, 6.45) is 3.83. The molecule has 1 N–H and O–H groups in total. The highest BCUT2D eigenvalue weighted by Crippen LogP contribution is 2.27. The van der Waals surface area contributed by atoms with Crippen molar-refractivity contribution in [1.82, 2.24) is 0 Å². The van der Waals surface area contributed by atoms with Crippen LogP contribution >= 0.6 is 0 Å². The van der Waals surface area contributed by atoms with E-state index in [1.807, 2.05) is 30.3 Å². The maximum atomic E-state index is 8.41. The summed E-state index contributed by atoms with van der Waals surface area (Å²) >= 11 is 0. The van der Waals surface area contributed by atoms with Gasteiger partial charge in [0.1, 0.15) is 11.8 Å². The molecule has 0 saturated heterocycles. The van der Waals surface area contributed by atoms with Crippen molar-refractivity contribution in [2.24, 2.45) is 5.92 Å². The molecule has 0 amide bonds. The Bertz CT molecular complexity index is 394. The molecule has 0 heterocycles. The average molecular weight is 230 g/mol. The minimum Gasteiger partial charge on any atom is -0.479 e. The van der Waals surface area contributed by atoms with Gasteiger partial charge in [-0.15, -0.1) is 0 Å². The van der Waals surface area contributed by atoms with Crippen LogP contribution in [-0.2, 0) is 0 Å². The van der Waals surface area contributed by atoms with E-state index in [1.165, 1.54) is 19.3 Å². The molecule has 0 bridgehead atoms. The highest BCUT2D eigenvalue weighted by Gasteiger charge is 2.20. The highest BCUT2D eigenvalue weighted by atomic mass is 16.5. The van der Waals surface area contributed by atoms with E-state index in [9.17, 15) is 0 Å². The first-order valence-electron chi connectivity index (χ1n) is 6.14. The molecule has 2 rings (SSSR count). The fourth-order valence-electron chi connectivity index (χ4n) is 2.34. The van der Waals surface area contributed by atoms with Gasteiger partial charge in [0.15, 0.2) is 6.61 Å². The van der Waals surface area contributed by atoms with Crippen molar-refractivity contribution < 1.29 is 4.74 Å². The molecule has 2 unspecified atom stereocenters. The van der Waals surface area contributed by atoms with Crippen LogP contribution in [0.2, 0.25) is 0 Å². The monoisotopic (exact) mass is 230 g/mol. The van der Waals surface area contributed by atoms with Gasteiger partial charge in [-0.3, -0.25) is 0 Å². The van der Waals surface area contributed by atoms with Crippen molar-refractivity contribution >= 4 is 5.69 Å². The van der Waals surface area contributed by atoms with Gasteiger partial charge in [0.25, 0.3) is 0 Å². The first kappa shape index (κ1) is 11.8. The summed E-state index contributed by atoms with van der Waals surface area (Å²) in [4.78, 5) is 0. The molecule has 90 valence electrons. The second-order valence-electron chi connectivity index (χ2n) is 4.73. The Balaban J connectivity index is 1.87. The van der Waals surface area contributed by atoms with Gasteiger partial charge in [0.05, 0.1) is 0 Å². The fraction of sp³-hybridized carbons (Fsp3) is 0.500. The van der Waals surface area contributed by atoms with E-state index in [4.69, 9.17) is 10.00 Å². The van der Waals surface area contributed by atoms with Gasteiger partial charge in [0.2, 0.25) is 0 Å². The van der Waals surface area contributed by atoms with Crippen LogP contribution < -0.4 is 10.1 Å². The molecule has 1 aromatic rings. The van der Waals surface area contributed by atoms with Gasteiger partial charge in [-0.1, -0.05) is 6.92 Å². The number of rotatable bonds is 4. The van der Waals surface area contributed by atoms with Crippen LogP contribution in [0.15, 0.2) is 24.3 Å². The van der Waals surface area contributed by atoms with Crippen LogP contribution in [0.5, 0.6) is 5.75 Å². The van der Waals surface area contributed by atoms with Crippen LogP contribution in [0.4, 0.5) is 5.69 Å². The Morgan fingerprint density at radius 2 is 2.12 bits per heavy atom. The standard InChI is InChI=1S/C14H18N2O/c1-11-2-3-13(10-11)16-12-4-6-14(7-5-12)17-9-8-15/h4-7,11,13,16H,2-3,9-10H2,1H3. The largest absolute Gasteiger partial charge is 0.479 e. The molecule has 1 aromatic carbocycles. The zero-order valence-corrected chi connectivity index (χ0v) is 10.1. The lowest BCUT2D eigenvalue weighted by atomic mass is 10.1. The fourth-order valence-corrected chi connectivity index (χ4v) is 2.34. The Hall–Kier alpha value is -1.69. The summed E-state index contributed by atoms with van der Waals surface area (Å²) in [6.45, 7) is 2.41. The normalized spacial score (nSPS) is 23.1. The summed E-state index contributed by atoms with van der Waals surface area (Å²) < 4.78 is 5.21. The SMILES string of the molecule is CC1CCC(Nc2ccc(OCC#N)cc2)C1. The van der Waals surface area contributed by atoms with E-state index < -0.39 is 0 Å². The van der Waals surface area contributed by atoms with Gasteiger partial charge in [0, 0.05) is 11.7 Å². The summed E-state index contributed by atoms with van der Waals surface area (Å²) in [7, 11) is 0. The van der Waals surface area contributed by atoms with Crippen molar-refractivity contribution in [1.29, 1.82) is 5.26 Å². The van der Waals surface area contributed by atoms with Gasteiger partial charge in [-0.05, 0) is 49.4 Å². The number of nitriles is 1. The highest BCUT2D eigenvalue weighted by molar-refractivity contribution is 5.47. The van der Waals surface area contributed by atoms with Crippen molar-refractivity contribution in [2.45, 2.75) is 32.2 Å². The summed E-state index contributed by atoms with van der Waals surface area (Å²) in [5.74, 6) is 1.59. The molecule has 1 aliphatic carbocycles. The Labute approximate surface area is 102 Å². The predicted octanol–water partition coefficient (Wildman–Crippen LogP) is 3.19. The Kier molecular flexibility index (Phi) is 3.87.